The number of nitro groups is 1. The molecule has 2 aromatic carbocycles. The molecule has 2 amide bonds. The highest BCUT2D eigenvalue weighted by molar-refractivity contribution is 6.01. The zero-order valence-corrected chi connectivity index (χ0v) is 10.8. The quantitative estimate of drug-likeness (QED) is 0.661. The molecule has 0 aliphatic heterocycles. The lowest BCUT2D eigenvalue weighted by molar-refractivity contribution is -0.383. The first kappa shape index (κ1) is 13.5. The number of carbonyl (C=O) groups is 1. The molecular formula is C14H13N3O3. The van der Waals surface area contributed by atoms with Crippen molar-refractivity contribution in [2.45, 2.75) is 6.92 Å². The van der Waals surface area contributed by atoms with Crippen LogP contribution in [0.5, 0.6) is 0 Å². The standard InChI is InChI=1S/C14H13N3O3/c1-10-5-4-6-11(9-10)15-14(18)16-12-7-2-3-8-13(12)17(19)20/h2-9H,1H3,(H2,15,16,18). The van der Waals surface area contributed by atoms with Crippen molar-refractivity contribution in [2.24, 2.45) is 0 Å². The lowest BCUT2D eigenvalue weighted by Gasteiger charge is -2.08. The third-order valence-corrected chi connectivity index (χ3v) is 2.62. The molecule has 102 valence electrons. The summed E-state index contributed by atoms with van der Waals surface area (Å²) < 4.78 is 0. The van der Waals surface area contributed by atoms with Crippen molar-refractivity contribution in [1.29, 1.82) is 0 Å². The Morgan fingerprint density at radius 1 is 1.10 bits per heavy atom. The van der Waals surface area contributed by atoms with Crippen LogP contribution in [0, 0.1) is 17.0 Å². The van der Waals surface area contributed by atoms with Crippen LogP contribution in [0.3, 0.4) is 0 Å². The molecule has 0 unspecified atom stereocenters. The van der Waals surface area contributed by atoms with Crippen LogP contribution in [-0.2, 0) is 0 Å². The van der Waals surface area contributed by atoms with E-state index < -0.39 is 11.0 Å². The third-order valence-electron chi connectivity index (χ3n) is 2.62. The molecule has 0 bridgehead atoms. The van der Waals surface area contributed by atoms with E-state index in [0.29, 0.717) is 5.69 Å². The molecule has 0 saturated carbocycles. The summed E-state index contributed by atoms with van der Waals surface area (Å²) in [5.74, 6) is 0. The Balaban J connectivity index is 2.11. The number of amides is 2. The van der Waals surface area contributed by atoms with E-state index in [9.17, 15) is 14.9 Å². The average molecular weight is 271 g/mol. The number of urea groups is 1. The fourth-order valence-corrected chi connectivity index (χ4v) is 1.75. The topological polar surface area (TPSA) is 84.3 Å². The van der Waals surface area contributed by atoms with Gasteiger partial charge in [-0.05, 0) is 30.7 Å². The van der Waals surface area contributed by atoms with Crippen LogP contribution in [0.2, 0.25) is 0 Å². The van der Waals surface area contributed by atoms with Crippen LogP contribution < -0.4 is 10.6 Å². The Hall–Kier alpha value is -2.89. The Morgan fingerprint density at radius 2 is 1.85 bits per heavy atom. The first-order valence-corrected chi connectivity index (χ1v) is 5.94. The summed E-state index contributed by atoms with van der Waals surface area (Å²) in [4.78, 5) is 22.1. The summed E-state index contributed by atoms with van der Waals surface area (Å²) in [6, 6.07) is 12.7. The summed E-state index contributed by atoms with van der Waals surface area (Å²) in [7, 11) is 0. The van der Waals surface area contributed by atoms with Crippen LogP contribution in [0.15, 0.2) is 48.5 Å². The molecule has 0 fully saturated rings. The molecular weight excluding hydrogens is 258 g/mol. The van der Waals surface area contributed by atoms with Crippen LogP contribution in [0.25, 0.3) is 0 Å². The maximum Gasteiger partial charge on any atom is 0.323 e. The van der Waals surface area contributed by atoms with Gasteiger partial charge in [0, 0.05) is 11.8 Å². The predicted molar refractivity (Wildman–Crippen MR) is 76.9 cm³/mol. The van der Waals surface area contributed by atoms with Crippen LogP contribution in [-0.4, -0.2) is 11.0 Å². The summed E-state index contributed by atoms with van der Waals surface area (Å²) in [6.07, 6.45) is 0. The van der Waals surface area contributed by atoms with E-state index in [1.165, 1.54) is 12.1 Å². The molecule has 0 saturated heterocycles. The largest absolute Gasteiger partial charge is 0.323 e. The normalized spacial score (nSPS) is 9.85. The van der Waals surface area contributed by atoms with Crippen molar-refractivity contribution in [3.05, 3.63) is 64.2 Å². The lowest BCUT2D eigenvalue weighted by atomic mass is 10.2. The van der Waals surface area contributed by atoms with Gasteiger partial charge in [-0.1, -0.05) is 24.3 Å². The van der Waals surface area contributed by atoms with E-state index in [1.807, 2.05) is 19.1 Å². The Kier molecular flexibility index (Phi) is 3.95. The van der Waals surface area contributed by atoms with Gasteiger partial charge in [-0.2, -0.15) is 0 Å². The number of rotatable bonds is 3. The van der Waals surface area contributed by atoms with Gasteiger partial charge in [0.15, 0.2) is 0 Å². The van der Waals surface area contributed by atoms with Gasteiger partial charge in [-0.15, -0.1) is 0 Å². The molecule has 2 N–H and O–H groups in total. The van der Waals surface area contributed by atoms with Gasteiger partial charge in [0.25, 0.3) is 5.69 Å². The minimum Gasteiger partial charge on any atom is -0.308 e. The van der Waals surface area contributed by atoms with Crippen molar-refractivity contribution >= 4 is 23.1 Å². The molecule has 0 radical (unpaired) electrons. The summed E-state index contributed by atoms with van der Waals surface area (Å²) >= 11 is 0. The zero-order chi connectivity index (χ0) is 14.5. The number of para-hydroxylation sites is 2. The number of aryl methyl sites for hydroxylation is 1. The molecule has 0 spiro atoms. The third kappa shape index (κ3) is 3.32. The van der Waals surface area contributed by atoms with Gasteiger partial charge in [0.1, 0.15) is 5.69 Å². The Bertz CT molecular complexity index is 656. The van der Waals surface area contributed by atoms with Crippen molar-refractivity contribution < 1.29 is 9.72 Å². The van der Waals surface area contributed by atoms with Gasteiger partial charge in [0.2, 0.25) is 0 Å². The second kappa shape index (κ2) is 5.83. The summed E-state index contributed by atoms with van der Waals surface area (Å²) in [6.45, 7) is 1.91. The lowest BCUT2D eigenvalue weighted by Crippen LogP contribution is -2.20. The Morgan fingerprint density at radius 3 is 2.55 bits per heavy atom. The number of hydrogen-bond donors (Lipinski definition) is 2. The fraction of sp³-hybridized carbons (Fsp3) is 0.0714. The molecule has 20 heavy (non-hydrogen) atoms. The number of anilines is 2. The second-order valence-electron chi connectivity index (χ2n) is 4.22. The highest BCUT2D eigenvalue weighted by atomic mass is 16.6. The van der Waals surface area contributed by atoms with Crippen molar-refractivity contribution in [3.63, 3.8) is 0 Å². The van der Waals surface area contributed by atoms with E-state index in [1.54, 1.807) is 24.3 Å². The second-order valence-corrected chi connectivity index (χ2v) is 4.22. The van der Waals surface area contributed by atoms with E-state index in [4.69, 9.17) is 0 Å². The van der Waals surface area contributed by atoms with E-state index in [0.717, 1.165) is 5.56 Å². The van der Waals surface area contributed by atoms with Gasteiger partial charge < -0.3 is 10.6 Å². The molecule has 0 heterocycles. The average Bonchev–Trinajstić information content (AvgIpc) is 2.38. The van der Waals surface area contributed by atoms with E-state index in [2.05, 4.69) is 10.6 Å². The zero-order valence-electron chi connectivity index (χ0n) is 10.8. The number of nitrogens with zero attached hydrogens (tertiary/aromatic N) is 1. The van der Waals surface area contributed by atoms with Crippen LogP contribution in [0.1, 0.15) is 5.56 Å². The van der Waals surface area contributed by atoms with Crippen LogP contribution >= 0.6 is 0 Å². The SMILES string of the molecule is Cc1cccc(NC(=O)Nc2ccccc2[N+](=O)[O-])c1. The molecule has 0 aliphatic carbocycles. The van der Waals surface area contributed by atoms with Crippen molar-refractivity contribution in [1.82, 2.24) is 0 Å². The van der Waals surface area contributed by atoms with Crippen molar-refractivity contribution in [2.75, 3.05) is 10.6 Å². The van der Waals surface area contributed by atoms with E-state index >= 15 is 0 Å². The maximum absolute atomic E-state index is 11.8. The number of nitro benzene ring substituents is 1. The molecule has 2 aromatic rings. The van der Waals surface area contributed by atoms with Crippen LogP contribution in [0.4, 0.5) is 21.9 Å². The van der Waals surface area contributed by atoms with Gasteiger partial charge >= 0.3 is 6.03 Å². The number of hydrogen-bond acceptors (Lipinski definition) is 3. The fourth-order valence-electron chi connectivity index (χ4n) is 1.75. The molecule has 2 rings (SSSR count). The highest BCUT2D eigenvalue weighted by Crippen LogP contribution is 2.23. The predicted octanol–water partition coefficient (Wildman–Crippen LogP) is 3.55. The highest BCUT2D eigenvalue weighted by Gasteiger charge is 2.14. The summed E-state index contributed by atoms with van der Waals surface area (Å²) in [5, 5.41) is 15.9. The smallest absolute Gasteiger partial charge is 0.308 e. The summed E-state index contributed by atoms with van der Waals surface area (Å²) in [5.41, 5.74) is 1.64. The van der Waals surface area contributed by atoms with Gasteiger partial charge in [0.05, 0.1) is 4.92 Å². The molecule has 6 heteroatoms. The number of benzene rings is 2. The first-order valence-electron chi connectivity index (χ1n) is 5.94. The minimum absolute atomic E-state index is 0.146. The molecule has 0 aromatic heterocycles. The molecule has 0 atom stereocenters. The number of nitrogens with one attached hydrogen (secondary N) is 2. The maximum atomic E-state index is 11.8. The van der Waals surface area contributed by atoms with E-state index in [-0.39, 0.29) is 11.4 Å². The monoisotopic (exact) mass is 271 g/mol. The van der Waals surface area contributed by atoms with Crippen molar-refractivity contribution in [3.8, 4) is 0 Å². The van der Waals surface area contributed by atoms with Gasteiger partial charge in [-0.3, -0.25) is 10.1 Å². The number of carbonyl (C=O) groups excluding carboxylic acids is 1. The molecule has 6 nitrogen and oxygen atoms in total. The minimum atomic E-state index is -0.539. The molecule has 0 aliphatic rings. The first-order chi connectivity index (χ1) is 9.56. The van der Waals surface area contributed by atoms with Gasteiger partial charge in [-0.25, -0.2) is 4.79 Å². The Labute approximate surface area is 115 Å².